The Kier molecular flexibility index (Phi) is 5.13. The summed E-state index contributed by atoms with van der Waals surface area (Å²) in [7, 11) is 0. The minimum Gasteiger partial charge on any atom is -0.450 e. The quantitative estimate of drug-likeness (QED) is 0.680. The number of amides is 2. The van der Waals surface area contributed by atoms with Crippen LogP contribution in [0.1, 0.15) is 51.9 Å². The first-order valence-electron chi connectivity index (χ1n) is 10.5. The Morgan fingerprint density at radius 2 is 1.92 bits per heavy atom. The van der Waals surface area contributed by atoms with Crippen molar-refractivity contribution in [2.45, 2.75) is 64.0 Å². The molecule has 0 N–H and O–H groups in total. The van der Waals surface area contributed by atoms with Gasteiger partial charge < -0.3 is 19.4 Å². The minimum absolute atomic E-state index is 0.141. The van der Waals surface area contributed by atoms with Gasteiger partial charge in [-0.3, -0.25) is 4.79 Å². The summed E-state index contributed by atoms with van der Waals surface area (Å²) >= 11 is 0. The zero-order valence-corrected chi connectivity index (χ0v) is 16.1. The van der Waals surface area contributed by atoms with E-state index in [1.165, 1.54) is 25.7 Å². The van der Waals surface area contributed by atoms with E-state index in [2.05, 4.69) is 9.80 Å². The lowest BCUT2D eigenvalue weighted by Gasteiger charge is -2.52. The van der Waals surface area contributed by atoms with Crippen molar-refractivity contribution >= 4 is 12.5 Å². The fourth-order valence-corrected chi connectivity index (χ4v) is 5.30. The minimum atomic E-state index is -0.141. The largest absolute Gasteiger partial charge is 0.450 e. The third kappa shape index (κ3) is 3.71. The third-order valence-corrected chi connectivity index (χ3v) is 7.09. The van der Waals surface area contributed by atoms with E-state index in [1.54, 1.807) is 0 Å². The maximum Gasteiger partial charge on any atom is 0.409 e. The topological polar surface area (TPSA) is 53.1 Å². The van der Waals surface area contributed by atoms with E-state index in [0.717, 1.165) is 64.3 Å². The number of carbonyl (C=O) groups excluding carboxylic acids is 2. The molecular weight excluding hydrogens is 330 g/mol. The molecule has 6 nitrogen and oxygen atoms in total. The fourth-order valence-electron chi connectivity index (χ4n) is 5.30. The van der Waals surface area contributed by atoms with E-state index >= 15 is 0 Å². The molecule has 1 spiro atoms. The predicted molar refractivity (Wildman–Crippen MR) is 98.8 cm³/mol. The molecule has 0 radical (unpaired) electrons. The molecule has 4 fully saturated rings. The van der Waals surface area contributed by atoms with Gasteiger partial charge in [-0.25, -0.2) is 4.79 Å². The summed E-state index contributed by atoms with van der Waals surface area (Å²) in [5, 5.41) is 0. The Labute approximate surface area is 156 Å². The highest BCUT2D eigenvalue weighted by atomic mass is 16.6. The summed E-state index contributed by atoms with van der Waals surface area (Å²) in [5.41, 5.74) is 0.342. The van der Waals surface area contributed by atoms with E-state index in [4.69, 9.17) is 4.74 Å². The van der Waals surface area contributed by atoms with Gasteiger partial charge in [0.2, 0.25) is 6.41 Å². The van der Waals surface area contributed by atoms with Gasteiger partial charge in [0.1, 0.15) is 0 Å². The van der Waals surface area contributed by atoms with Gasteiger partial charge >= 0.3 is 6.09 Å². The number of hydrogen-bond acceptors (Lipinski definition) is 4. The molecule has 2 heterocycles. The van der Waals surface area contributed by atoms with Gasteiger partial charge in [-0.2, -0.15) is 0 Å². The van der Waals surface area contributed by atoms with Crippen LogP contribution >= 0.6 is 0 Å². The molecule has 2 saturated carbocycles. The van der Waals surface area contributed by atoms with Crippen molar-refractivity contribution in [1.29, 1.82) is 0 Å². The standard InChI is InChI=1S/C20H33N3O3/c1-2-26-19(25)22-10-7-20(14-22)11-18(12-20)21-8-5-17(6-9-21)23(15-24)13-16-3-4-16/h15-18H,2-14H2,1H3. The molecule has 6 heteroatoms. The van der Waals surface area contributed by atoms with Gasteiger partial charge in [0.25, 0.3) is 0 Å². The predicted octanol–water partition coefficient (Wildman–Crippen LogP) is 2.33. The molecule has 0 aromatic carbocycles. The molecule has 0 aromatic heterocycles. The number of likely N-dealkylation sites (tertiary alicyclic amines) is 2. The van der Waals surface area contributed by atoms with E-state index in [-0.39, 0.29) is 6.09 Å². The molecule has 26 heavy (non-hydrogen) atoms. The second-order valence-corrected chi connectivity index (χ2v) is 8.95. The number of piperidine rings is 1. The molecule has 0 unspecified atom stereocenters. The van der Waals surface area contributed by atoms with E-state index < -0.39 is 0 Å². The van der Waals surface area contributed by atoms with Crippen molar-refractivity contribution in [1.82, 2.24) is 14.7 Å². The summed E-state index contributed by atoms with van der Waals surface area (Å²) in [4.78, 5) is 30.0. The molecule has 2 aliphatic carbocycles. The van der Waals surface area contributed by atoms with Crippen LogP contribution in [0, 0.1) is 11.3 Å². The van der Waals surface area contributed by atoms with Crippen LogP contribution in [0.3, 0.4) is 0 Å². The van der Waals surface area contributed by atoms with Gasteiger partial charge in [0.15, 0.2) is 0 Å². The number of nitrogens with zero attached hydrogens (tertiary/aromatic N) is 3. The van der Waals surface area contributed by atoms with Crippen molar-refractivity contribution in [2.75, 3.05) is 39.3 Å². The second-order valence-electron chi connectivity index (χ2n) is 8.95. The zero-order valence-electron chi connectivity index (χ0n) is 16.1. The lowest BCUT2D eigenvalue weighted by Crippen LogP contribution is -2.56. The van der Waals surface area contributed by atoms with E-state index in [0.29, 0.717) is 24.1 Å². The Balaban J connectivity index is 1.21. The van der Waals surface area contributed by atoms with Crippen LogP contribution in [0.15, 0.2) is 0 Å². The molecule has 0 atom stereocenters. The summed E-state index contributed by atoms with van der Waals surface area (Å²) in [6.45, 7) is 7.25. The highest BCUT2D eigenvalue weighted by Gasteiger charge is 2.51. The molecule has 146 valence electrons. The van der Waals surface area contributed by atoms with Crippen LogP contribution in [-0.4, -0.2) is 78.6 Å². The van der Waals surface area contributed by atoms with Crippen LogP contribution in [0.2, 0.25) is 0 Å². The first-order valence-corrected chi connectivity index (χ1v) is 10.5. The van der Waals surface area contributed by atoms with E-state index in [9.17, 15) is 9.59 Å². The first kappa shape index (κ1) is 18.1. The molecule has 4 aliphatic rings. The molecule has 0 bridgehead atoms. The summed E-state index contributed by atoms with van der Waals surface area (Å²) in [6, 6.07) is 1.12. The number of carbonyl (C=O) groups is 2. The third-order valence-electron chi connectivity index (χ3n) is 7.09. The average molecular weight is 364 g/mol. The maximum atomic E-state index is 11.9. The van der Waals surface area contributed by atoms with Crippen LogP contribution < -0.4 is 0 Å². The van der Waals surface area contributed by atoms with Gasteiger partial charge in [-0.1, -0.05) is 0 Å². The molecule has 4 rings (SSSR count). The zero-order chi connectivity index (χ0) is 18.1. The molecule has 2 aliphatic heterocycles. The van der Waals surface area contributed by atoms with E-state index in [1.807, 2.05) is 11.8 Å². The Hall–Kier alpha value is -1.30. The second kappa shape index (κ2) is 7.37. The first-order chi connectivity index (χ1) is 12.6. The smallest absolute Gasteiger partial charge is 0.409 e. The van der Waals surface area contributed by atoms with Crippen molar-refractivity contribution in [2.24, 2.45) is 11.3 Å². The summed E-state index contributed by atoms with van der Waals surface area (Å²) in [6.07, 6.45) is 9.33. The normalized spacial score (nSPS) is 32.5. The van der Waals surface area contributed by atoms with Crippen LogP contribution in [0.4, 0.5) is 4.79 Å². The monoisotopic (exact) mass is 363 g/mol. The van der Waals surface area contributed by atoms with Crippen LogP contribution in [0.5, 0.6) is 0 Å². The van der Waals surface area contributed by atoms with Crippen molar-refractivity contribution < 1.29 is 14.3 Å². The lowest BCUT2D eigenvalue weighted by atomic mass is 9.64. The summed E-state index contributed by atoms with van der Waals surface area (Å²) in [5.74, 6) is 0.773. The maximum absolute atomic E-state index is 11.9. The summed E-state index contributed by atoms with van der Waals surface area (Å²) < 4.78 is 5.15. The number of rotatable bonds is 6. The number of ether oxygens (including phenoxy) is 1. The van der Waals surface area contributed by atoms with Gasteiger partial charge in [0, 0.05) is 44.8 Å². The fraction of sp³-hybridized carbons (Fsp3) is 0.900. The van der Waals surface area contributed by atoms with Crippen LogP contribution in [0.25, 0.3) is 0 Å². The van der Waals surface area contributed by atoms with Gasteiger partial charge in [0.05, 0.1) is 6.61 Å². The molecule has 2 amide bonds. The lowest BCUT2D eigenvalue weighted by molar-refractivity contribution is -0.121. The SMILES string of the molecule is CCOC(=O)N1CCC2(CC(N3CCC(N(C=O)CC4CC4)CC3)C2)C1. The Morgan fingerprint density at radius 1 is 1.19 bits per heavy atom. The highest BCUT2D eigenvalue weighted by Crippen LogP contribution is 2.50. The Bertz CT molecular complexity index is 522. The van der Waals surface area contributed by atoms with Crippen molar-refractivity contribution in [3.8, 4) is 0 Å². The van der Waals surface area contributed by atoms with Gasteiger partial charge in [-0.05, 0) is 63.2 Å². The van der Waals surface area contributed by atoms with Gasteiger partial charge in [-0.15, -0.1) is 0 Å². The highest BCUT2D eigenvalue weighted by molar-refractivity contribution is 5.68. The number of hydrogen-bond donors (Lipinski definition) is 0. The molecule has 2 saturated heterocycles. The molecular formula is C20H33N3O3. The average Bonchev–Trinajstić information content (AvgIpc) is 3.33. The van der Waals surface area contributed by atoms with Crippen LogP contribution in [-0.2, 0) is 9.53 Å². The van der Waals surface area contributed by atoms with Crippen molar-refractivity contribution in [3.63, 3.8) is 0 Å². The Morgan fingerprint density at radius 3 is 2.54 bits per heavy atom. The van der Waals surface area contributed by atoms with Crippen molar-refractivity contribution in [3.05, 3.63) is 0 Å². The molecule has 0 aromatic rings.